The third-order valence-electron chi connectivity index (χ3n) is 3.53. The Hall–Kier alpha value is -1.03. The lowest BCUT2D eigenvalue weighted by atomic mass is 9.98. The Kier molecular flexibility index (Phi) is 3.19. The van der Waals surface area contributed by atoms with E-state index in [-0.39, 0.29) is 5.54 Å². The highest BCUT2D eigenvalue weighted by Gasteiger charge is 2.27. The molecule has 16 heavy (non-hydrogen) atoms. The summed E-state index contributed by atoms with van der Waals surface area (Å²) in [5, 5.41) is 7.90. The fourth-order valence-electron chi connectivity index (χ4n) is 2.25. The van der Waals surface area contributed by atoms with Gasteiger partial charge in [-0.05, 0) is 26.3 Å². The van der Waals surface area contributed by atoms with Gasteiger partial charge in [-0.3, -0.25) is 4.68 Å². The zero-order valence-corrected chi connectivity index (χ0v) is 10.5. The minimum atomic E-state index is 0.229. The van der Waals surface area contributed by atoms with Crippen molar-refractivity contribution in [3.05, 3.63) is 12.4 Å². The summed E-state index contributed by atoms with van der Waals surface area (Å²) in [6, 6.07) is 0. The first-order valence-electron chi connectivity index (χ1n) is 6.11. The van der Waals surface area contributed by atoms with E-state index in [4.69, 9.17) is 0 Å². The topological polar surface area (TPSA) is 33.1 Å². The smallest absolute Gasteiger partial charge is 0.0753 e. The van der Waals surface area contributed by atoms with Gasteiger partial charge in [-0.2, -0.15) is 5.10 Å². The van der Waals surface area contributed by atoms with E-state index in [9.17, 15) is 0 Å². The van der Waals surface area contributed by atoms with Crippen LogP contribution in [0, 0.1) is 0 Å². The van der Waals surface area contributed by atoms with Crippen LogP contribution in [0.15, 0.2) is 12.4 Å². The molecule has 1 aromatic heterocycles. The van der Waals surface area contributed by atoms with Crippen molar-refractivity contribution in [1.29, 1.82) is 0 Å². The SMILES string of the molecule is CCC1(C)CN(c2cnn(C)c2)CCCN1. The molecule has 1 aliphatic rings. The van der Waals surface area contributed by atoms with Crippen LogP contribution in [0.25, 0.3) is 0 Å². The van der Waals surface area contributed by atoms with E-state index in [1.54, 1.807) is 0 Å². The lowest BCUT2D eigenvalue weighted by molar-refractivity contribution is 0.366. The van der Waals surface area contributed by atoms with Crippen LogP contribution in [0.5, 0.6) is 0 Å². The van der Waals surface area contributed by atoms with Crippen LogP contribution in [0.3, 0.4) is 0 Å². The maximum absolute atomic E-state index is 4.25. The molecule has 1 fully saturated rings. The van der Waals surface area contributed by atoms with E-state index in [0.717, 1.165) is 26.1 Å². The maximum atomic E-state index is 4.25. The van der Waals surface area contributed by atoms with Crippen LogP contribution in [0.1, 0.15) is 26.7 Å². The average Bonchev–Trinajstić information content (AvgIpc) is 2.59. The molecule has 0 bridgehead atoms. The third-order valence-corrected chi connectivity index (χ3v) is 3.53. The summed E-state index contributed by atoms with van der Waals surface area (Å²) in [5.41, 5.74) is 1.47. The molecule has 90 valence electrons. The van der Waals surface area contributed by atoms with Crippen molar-refractivity contribution in [2.24, 2.45) is 7.05 Å². The fraction of sp³-hybridized carbons (Fsp3) is 0.750. The van der Waals surface area contributed by atoms with Gasteiger partial charge in [0.05, 0.1) is 11.9 Å². The minimum absolute atomic E-state index is 0.229. The monoisotopic (exact) mass is 222 g/mol. The number of nitrogens with zero attached hydrogens (tertiary/aromatic N) is 3. The van der Waals surface area contributed by atoms with E-state index >= 15 is 0 Å². The van der Waals surface area contributed by atoms with Gasteiger partial charge in [-0.1, -0.05) is 6.92 Å². The van der Waals surface area contributed by atoms with Crippen molar-refractivity contribution in [2.45, 2.75) is 32.2 Å². The molecule has 1 saturated heterocycles. The molecule has 0 aromatic carbocycles. The highest BCUT2D eigenvalue weighted by molar-refractivity contribution is 5.43. The van der Waals surface area contributed by atoms with Gasteiger partial charge >= 0.3 is 0 Å². The third kappa shape index (κ3) is 2.38. The second-order valence-corrected chi connectivity index (χ2v) is 4.99. The van der Waals surface area contributed by atoms with Crippen LogP contribution in [0.2, 0.25) is 0 Å². The molecular formula is C12H22N4. The molecule has 0 amide bonds. The highest BCUT2D eigenvalue weighted by atomic mass is 15.3. The largest absolute Gasteiger partial charge is 0.367 e. The Morgan fingerprint density at radius 1 is 1.56 bits per heavy atom. The lowest BCUT2D eigenvalue weighted by Gasteiger charge is -2.33. The Morgan fingerprint density at radius 3 is 3.00 bits per heavy atom. The first-order chi connectivity index (χ1) is 7.63. The molecule has 1 unspecified atom stereocenters. The highest BCUT2D eigenvalue weighted by Crippen LogP contribution is 2.20. The van der Waals surface area contributed by atoms with E-state index in [1.807, 2.05) is 17.9 Å². The van der Waals surface area contributed by atoms with Gasteiger partial charge in [0.1, 0.15) is 0 Å². The van der Waals surface area contributed by atoms with Gasteiger partial charge in [0.2, 0.25) is 0 Å². The fourth-order valence-corrected chi connectivity index (χ4v) is 2.25. The van der Waals surface area contributed by atoms with Gasteiger partial charge in [0.15, 0.2) is 0 Å². The first kappa shape index (κ1) is 11.5. The summed E-state index contributed by atoms with van der Waals surface area (Å²) >= 11 is 0. The number of hydrogen-bond donors (Lipinski definition) is 1. The summed E-state index contributed by atoms with van der Waals surface area (Å²) in [6.45, 7) is 7.85. The molecule has 1 aromatic rings. The van der Waals surface area contributed by atoms with E-state index < -0.39 is 0 Å². The molecule has 4 heteroatoms. The molecule has 1 atom stereocenters. The molecule has 0 saturated carbocycles. The summed E-state index contributed by atoms with van der Waals surface area (Å²) in [4.78, 5) is 2.44. The molecular weight excluding hydrogens is 200 g/mol. The second-order valence-electron chi connectivity index (χ2n) is 4.99. The zero-order chi connectivity index (χ0) is 11.6. The minimum Gasteiger partial charge on any atom is -0.367 e. The maximum Gasteiger partial charge on any atom is 0.0753 e. The number of rotatable bonds is 2. The van der Waals surface area contributed by atoms with Crippen molar-refractivity contribution in [1.82, 2.24) is 15.1 Å². The lowest BCUT2D eigenvalue weighted by Crippen LogP contribution is -2.48. The van der Waals surface area contributed by atoms with E-state index in [1.165, 1.54) is 12.1 Å². The van der Waals surface area contributed by atoms with E-state index in [0.29, 0.717) is 0 Å². The van der Waals surface area contributed by atoms with Crippen LogP contribution in [0.4, 0.5) is 5.69 Å². The molecule has 2 rings (SSSR count). The number of nitrogens with one attached hydrogen (secondary N) is 1. The predicted octanol–water partition coefficient (Wildman–Crippen LogP) is 1.39. The van der Waals surface area contributed by atoms with Crippen LogP contribution in [-0.4, -0.2) is 35.0 Å². The van der Waals surface area contributed by atoms with Crippen LogP contribution >= 0.6 is 0 Å². The van der Waals surface area contributed by atoms with Gasteiger partial charge < -0.3 is 10.2 Å². The van der Waals surface area contributed by atoms with E-state index in [2.05, 4.69) is 35.4 Å². The molecule has 1 N–H and O–H groups in total. The molecule has 2 heterocycles. The Labute approximate surface area is 97.6 Å². The Bertz CT molecular complexity index is 347. The standard InChI is InChI=1S/C12H22N4/c1-4-12(2)10-16(7-5-6-13-12)11-8-14-15(3)9-11/h8-9,13H,4-7,10H2,1-3H3. The van der Waals surface area contributed by atoms with Gasteiger partial charge in [0.25, 0.3) is 0 Å². The summed E-state index contributed by atoms with van der Waals surface area (Å²) in [7, 11) is 1.97. The van der Waals surface area contributed by atoms with Crippen LogP contribution in [-0.2, 0) is 7.05 Å². The molecule has 0 spiro atoms. The predicted molar refractivity (Wildman–Crippen MR) is 66.7 cm³/mol. The van der Waals surface area contributed by atoms with Gasteiger partial charge in [0, 0.05) is 31.9 Å². The van der Waals surface area contributed by atoms with Crippen LogP contribution < -0.4 is 10.2 Å². The van der Waals surface area contributed by atoms with Gasteiger partial charge in [-0.25, -0.2) is 0 Å². The van der Waals surface area contributed by atoms with Gasteiger partial charge in [-0.15, -0.1) is 0 Å². The number of anilines is 1. The van der Waals surface area contributed by atoms with Crippen molar-refractivity contribution in [3.63, 3.8) is 0 Å². The summed E-state index contributed by atoms with van der Waals surface area (Å²) in [6.07, 6.45) is 6.41. The molecule has 1 aliphatic heterocycles. The normalized spacial score (nSPS) is 26.8. The molecule has 0 aliphatic carbocycles. The number of aromatic nitrogens is 2. The first-order valence-corrected chi connectivity index (χ1v) is 6.11. The van der Waals surface area contributed by atoms with Crippen molar-refractivity contribution in [3.8, 4) is 0 Å². The quantitative estimate of drug-likeness (QED) is 0.821. The van der Waals surface area contributed by atoms with Crippen molar-refractivity contribution >= 4 is 5.69 Å². The summed E-state index contributed by atoms with van der Waals surface area (Å²) in [5.74, 6) is 0. The molecule has 0 radical (unpaired) electrons. The van der Waals surface area contributed by atoms with Crippen molar-refractivity contribution < 1.29 is 0 Å². The number of aryl methyl sites for hydroxylation is 1. The number of hydrogen-bond acceptors (Lipinski definition) is 3. The Balaban J connectivity index is 2.14. The average molecular weight is 222 g/mol. The zero-order valence-electron chi connectivity index (χ0n) is 10.5. The molecule has 4 nitrogen and oxygen atoms in total. The second kappa shape index (κ2) is 4.45. The summed E-state index contributed by atoms with van der Waals surface area (Å²) < 4.78 is 1.87. The Morgan fingerprint density at radius 2 is 2.38 bits per heavy atom. The van der Waals surface area contributed by atoms with Crippen molar-refractivity contribution in [2.75, 3.05) is 24.5 Å².